The van der Waals surface area contributed by atoms with Crippen LogP contribution in [-0.4, -0.2) is 22.5 Å². The van der Waals surface area contributed by atoms with Crippen molar-refractivity contribution in [3.05, 3.63) is 35.4 Å². The number of hydrogen-bond acceptors (Lipinski definition) is 3. The lowest BCUT2D eigenvalue weighted by Crippen LogP contribution is -2.07. The van der Waals surface area contributed by atoms with E-state index in [9.17, 15) is 4.79 Å². The van der Waals surface area contributed by atoms with Gasteiger partial charge in [0.25, 0.3) is 0 Å². The molecule has 0 N–H and O–H groups in total. The van der Waals surface area contributed by atoms with Gasteiger partial charge in [0, 0.05) is 5.02 Å². The molecule has 0 saturated carbocycles. The Kier molecular flexibility index (Phi) is 2.13. The van der Waals surface area contributed by atoms with Crippen molar-refractivity contribution in [1.82, 2.24) is 9.38 Å². The highest BCUT2D eigenvalue weighted by molar-refractivity contribution is 6.31. The van der Waals surface area contributed by atoms with E-state index >= 15 is 0 Å². The summed E-state index contributed by atoms with van der Waals surface area (Å²) in [6, 6.07) is 3.27. The highest BCUT2D eigenvalue weighted by Gasteiger charge is 2.11. The van der Waals surface area contributed by atoms with Crippen molar-refractivity contribution in [3.63, 3.8) is 0 Å². The van der Waals surface area contributed by atoms with Crippen LogP contribution in [0.1, 0.15) is 10.5 Å². The maximum absolute atomic E-state index is 11.3. The lowest BCUT2D eigenvalue weighted by molar-refractivity contribution is 0.0592. The average Bonchev–Trinajstić information content (AvgIpc) is 2.62. The third kappa shape index (κ3) is 1.33. The molecular weight excluding hydrogens is 204 g/mol. The molecule has 72 valence electrons. The Labute approximate surface area is 85.1 Å². The van der Waals surface area contributed by atoms with Gasteiger partial charge in [-0.1, -0.05) is 11.6 Å². The number of hydrogen-bond donors (Lipinski definition) is 0. The normalized spacial score (nSPS) is 10.4. The number of fused-ring (bicyclic) bond motifs is 1. The number of carbonyl (C=O) groups is 1. The molecule has 2 rings (SSSR count). The Morgan fingerprint density at radius 3 is 3.07 bits per heavy atom. The third-order valence-electron chi connectivity index (χ3n) is 1.88. The molecule has 0 radical (unpaired) electrons. The Morgan fingerprint density at radius 2 is 2.36 bits per heavy atom. The number of rotatable bonds is 1. The molecule has 2 heterocycles. The first-order valence-electron chi connectivity index (χ1n) is 3.92. The second-order valence-corrected chi connectivity index (χ2v) is 3.18. The van der Waals surface area contributed by atoms with Crippen LogP contribution in [0.2, 0.25) is 5.02 Å². The van der Waals surface area contributed by atoms with Crippen molar-refractivity contribution in [2.45, 2.75) is 0 Å². The number of pyridine rings is 1. The number of ether oxygens (including phenoxy) is 1. The van der Waals surface area contributed by atoms with Gasteiger partial charge in [0.1, 0.15) is 5.69 Å². The molecule has 2 aromatic heterocycles. The lowest BCUT2D eigenvalue weighted by atomic mass is 10.3. The first-order valence-corrected chi connectivity index (χ1v) is 4.30. The molecular formula is C9H7ClN2O2. The summed E-state index contributed by atoms with van der Waals surface area (Å²) in [4.78, 5) is 15.3. The van der Waals surface area contributed by atoms with Crippen LogP contribution < -0.4 is 0 Å². The van der Waals surface area contributed by atoms with Gasteiger partial charge in [0.2, 0.25) is 0 Å². The predicted molar refractivity (Wildman–Crippen MR) is 51.5 cm³/mol. The highest BCUT2D eigenvalue weighted by Crippen LogP contribution is 2.16. The number of nitrogens with zero attached hydrogens (tertiary/aromatic N) is 2. The predicted octanol–water partition coefficient (Wildman–Crippen LogP) is 1.77. The van der Waals surface area contributed by atoms with Gasteiger partial charge in [-0.25, -0.2) is 9.78 Å². The van der Waals surface area contributed by atoms with Gasteiger partial charge < -0.3 is 4.74 Å². The second-order valence-electron chi connectivity index (χ2n) is 2.74. The van der Waals surface area contributed by atoms with Gasteiger partial charge >= 0.3 is 5.97 Å². The minimum atomic E-state index is -0.435. The van der Waals surface area contributed by atoms with E-state index < -0.39 is 5.97 Å². The van der Waals surface area contributed by atoms with Crippen LogP contribution in [0.5, 0.6) is 0 Å². The topological polar surface area (TPSA) is 43.6 Å². The zero-order chi connectivity index (χ0) is 10.1. The SMILES string of the molecule is COC(=O)c1cc(Cl)cc2cncn12. The van der Waals surface area contributed by atoms with E-state index in [2.05, 4.69) is 9.72 Å². The summed E-state index contributed by atoms with van der Waals surface area (Å²) in [5, 5.41) is 0.485. The third-order valence-corrected chi connectivity index (χ3v) is 2.10. The van der Waals surface area contributed by atoms with Crippen LogP contribution >= 0.6 is 11.6 Å². The summed E-state index contributed by atoms with van der Waals surface area (Å²) in [5.74, 6) is -0.435. The quantitative estimate of drug-likeness (QED) is 0.674. The summed E-state index contributed by atoms with van der Waals surface area (Å²) < 4.78 is 6.25. The fraction of sp³-hybridized carbons (Fsp3) is 0.111. The van der Waals surface area contributed by atoms with Gasteiger partial charge in [-0.05, 0) is 12.1 Å². The summed E-state index contributed by atoms with van der Waals surface area (Å²) in [5.41, 5.74) is 1.13. The van der Waals surface area contributed by atoms with Gasteiger partial charge in [0.15, 0.2) is 0 Å². The molecule has 0 aromatic carbocycles. The zero-order valence-corrected chi connectivity index (χ0v) is 8.15. The monoisotopic (exact) mass is 210 g/mol. The van der Waals surface area contributed by atoms with Crippen LogP contribution in [-0.2, 0) is 4.74 Å². The number of esters is 1. The molecule has 0 aliphatic carbocycles. The standard InChI is InChI=1S/C9H7ClN2O2/c1-14-9(13)8-3-6(10)2-7-4-11-5-12(7)8/h2-5H,1H3. The van der Waals surface area contributed by atoms with E-state index in [-0.39, 0.29) is 0 Å². The van der Waals surface area contributed by atoms with Gasteiger partial charge in [-0.2, -0.15) is 0 Å². The summed E-state index contributed by atoms with van der Waals surface area (Å²) >= 11 is 5.83. The minimum Gasteiger partial charge on any atom is -0.464 e. The van der Waals surface area contributed by atoms with E-state index in [0.29, 0.717) is 10.7 Å². The first-order chi connectivity index (χ1) is 6.72. The van der Waals surface area contributed by atoms with Crippen LogP contribution in [0.15, 0.2) is 24.7 Å². The smallest absolute Gasteiger partial charge is 0.355 e. The molecule has 0 spiro atoms. The Balaban J connectivity index is 2.72. The fourth-order valence-electron chi connectivity index (χ4n) is 1.26. The Bertz CT molecular complexity index is 493. The number of carbonyl (C=O) groups excluding carboxylic acids is 1. The maximum Gasteiger partial charge on any atom is 0.355 e. The average molecular weight is 211 g/mol. The van der Waals surface area contributed by atoms with Crippen molar-refractivity contribution in [1.29, 1.82) is 0 Å². The molecule has 0 aliphatic rings. The van der Waals surface area contributed by atoms with Crippen molar-refractivity contribution in [2.24, 2.45) is 0 Å². The maximum atomic E-state index is 11.3. The summed E-state index contributed by atoms with van der Waals surface area (Å²) in [6.45, 7) is 0. The molecule has 0 aliphatic heterocycles. The van der Waals surface area contributed by atoms with Gasteiger partial charge in [0.05, 0.1) is 25.2 Å². The molecule has 0 unspecified atom stereocenters. The lowest BCUT2D eigenvalue weighted by Gasteiger charge is -2.03. The van der Waals surface area contributed by atoms with E-state index in [1.807, 2.05) is 0 Å². The van der Waals surface area contributed by atoms with E-state index in [0.717, 1.165) is 5.52 Å². The summed E-state index contributed by atoms with van der Waals surface area (Å²) in [7, 11) is 1.33. The number of imidazole rings is 1. The molecule has 0 amide bonds. The minimum absolute atomic E-state index is 0.368. The first kappa shape index (κ1) is 9.02. The van der Waals surface area contributed by atoms with E-state index in [1.54, 1.807) is 22.7 Å². The van der Waals surface area contributed by atoms with Crippen LogP contribution in [0.4, 0.5) is 0 Å². The second kappa shape index (κ2) is 3.31. The van der Waals surface area contributed by atoms with Crippen molar-refractivity contribution >= 4 is 23.1 Å². The van der Waals surface area contributed by atoms with E-state index in [4.69, 9.17) is 11.6 Å². The number of aromatic nitrogens is 2. The molecule has 4 nitrogen and oxygen atoms in total. The largest absolute Gasteiger partial charge is 0.464 e. The van der Waals surface area contributed by atoms with Crippen molar-refractivity contribution in [3.8, 4) is 0 Å². The Hall–Kier alpha value is -1.55. The molecule has 14 heavy (non-hydrogen) atoms. The van der Waals surface area contributed by atoms with Crippen molar-refractivity contribution < 1.29 is 9.53 Å². The van der Waals surface area contributed by atoms with Crippen LogP contribution in [0.3, 0.4) is 0 Å². The number of halogens is 1. The van der Waals surface area contributed by atoms with Gasteiger partial charge in [-0.3, -0.25) is 4.40 Å². The highest BCUT2D eigenvalue weighted by atomic mass is 35.5. The van der Waals surface area contributed by atoms with Crippen molar-refractivity contribution in [2.75, 3.05) is 7.11 Å². The van der Waals surface area contributed by atoms with E-state index in [1.165, 1.54) is 13.4 Å². The van der Waals surface area contributed by atoms with Crippen LogP contribution in [0.25, 0.3) is 5.52 Å². The molecule has 0 bridgehead atoms. The van der Waals surface area contributed by atoms with Gasteiger partial charge in [-0.15, -0.1) is 0 Å². The Morgan fingerprint density at radius 1 is 1.57 bits per heavy atom. The summed E-state index contributed by atoms with van der Waals surface area (Å²) in [6.07, 6.45) is 3.16. The molecule has 0 saturated heterocycles. The van der Waals surface area contributed by atoms with Crippen LogP contribution in [0, 0.1) is 0 Å². The molecule has 2 aromatic rings. The molecule has 0 atom stereocenters. The molecule has 0 fully saturated rings. The molecule has 5 heteroatoms. The number of methoxy groups -OCH3 is 1. The fourth-order valence-corrected chi connectivity index (χ4v) is 1.47. The zero-order valence-electron chi connectivity index (χ0n) is 7.40.